The van der Waals surface area contributed by atoms with Gasteiger partial charge in [0.2, 0.25) is 0 Å². The van der Waals surface area contributed by atoms with Gasteiger partial charge < -0.3 is 10.1 Å². The number of rotatable bonds is 7. The quantitative estimate of drug-likeness (QED) is 0.640. The Balaban J connectivity index is 3.39. The summed E-state index contributed by atoms with van der Waals surface area (Å²) in [5, 5.41) is 3.30. The molecule has 0 amide bonds. The first kappa shape index (κ1) is 13.4. The molecular formula is C11H23NO2. The highest BCUT2D eigenvalue weighted by Crippen LogP contribution is 2.03. The van der Waals surface area contributed by atoms with E-state index in [4.69, 9.17) is 4.74 Å². The van der Waals surface area contributed by atoms with E-state index < -0.39 is 0 Å². The molecule has 3 nitrogen and oxygen atoms in total. The number of hydrogen-bond acceptors (Lipinski definition) is 3. The van der Waals surface area contributed by atoms with Crippen LogP contribution in [-0.2, 0) is 9.53 Å². The normalized spacial score (nSPS) is 12.9. The molecule has 0 fully saturated rings. The van der Waals surface area contributed by atoms with Crippen molar-refractivity contribution in [2.75, 3.05) is 13.2 Å². The molecular weight excluding hydrogens is 178 g/mol. The van der Waals surface area contributed by atoms with Gasteiger partial charge in [-0.15, -0.1) is 0 Å². The average molecular weight is 201 g/mol. The monoisotopic (exact) mass is 201 g/mol. The summed E-state index contributed by atoms with van der Waals surface area (Å²) in [7, 11) is 0. The van der Waals surface area contributed by atoms with E-state index in [1.165, 1.54) is 0 Å². The van der Waals surface area contributed by atoms with E-state index in [1.807, 2.05) is 6.92 Å². The molecule has 0 spiro atoms. The van der Waals surface area contributed by atoms with Crippen LogP contribution in [0.1, 0.15) is 40.5 Å². The van der Waals surface area contributed by atoms with Crippen LogP contribution in [-0.4, -0.2) is 25.2 Å². The summed E-state index contributed by atoms with van der Waals surface area (Å²) in [4.78, 5) is 11.0. The average Bonchev–Trinajstić information content (AvgIpc) is 2.02. The number of carbonyl (C=O) groups is 1. The van der Waals surface area contributed by atoms with Gasteiger partial charge in [0, 0.05) is 12.6 Å². The smallest absolute Gasteiger partial charge is 0.307 e. The second-order valence-electron chi connectivity index (χ2n) is 4.04. The fraction of sp³-hybridized carbons (Fsp3) is 0.909. The van der Waals surface area contributed by atoms with Crippen LogP contribution in [0.25, 0.3) is 0 Å². The van der Waals surface area contributed by atoms with E-state index in [-0.39, 0.29) is 5.97 Å². The van der Waals surface area contributed by atoms with Crippen LogP contribution in [0.4, 0.5) is 0 Å². The molecule has 0 saturated heterocycles. The highest BCUT2D eigenvalue weighted by atomic mass is 16.5. The Hall–Kier alpha value is -0.570. The molecule has 1 unspecified atom stereocenters. The number of hydrogen-bond donors (Lipinski definition) is 1. The van der Waals surface area contributed by atoms with Crippen molar-refractivity contribution in [2.24, 2.45) is 5.92 Å². The van der Waals surface area contributed by atoms with Crippen LogP contribution in [0.2, 0.25) is 0 Å². The summed E-state index contributed by atoms with van der Waals surface area (Å²) < 4.78 is 4.83. The Morgan fingerprint density at radius 2 is 2.00 bits per heavy atom. The fourth-order valence-electron chi connectivity index (χ4n) is 1.44. The van der Waals surface area contributed by atoms with Crippen LogP contribution >= 0.6 is 0 Å². The first-order valence-corrected chi connectivity index (χ1v) is 5.45. The molecule has 1 N–H and O–H groups in total. The molecule has 0 bridgehead atoms. The predicted molar refractivity (Wildman–Crippen MR) is 58.2 cm³/mol. The molecule has 0 aromatic carbocycles. The first-order valence-electron chi connectivity index (χ1n) is 5.45. The van der Waals surface area contributed by atoms with E-state index >= 15 is 0 Å². The lowest BCUT2D eigenvalue weighted by atomic mass is 10.1. The van der Waals surface area contributed by atoms with Gasteiger partial charge in [-0.05, 0) is 26.2 Å². The summed E-state index contributed by atoms with van der Waals surface area (Å²) in [6, 6.07) is 0.476. The standard InChI is InChI=1S/C11H23NO2/c1-5-14-11(13)6-7-12-10(4)8-9(2)3/h9-10,12H,5-8H2,1-4H3. The molecule has 1 atom stereocenters. The third-order valence-electron chi connectivity index (χ3n) is 1.95. The van der Waals surface area contributed by atoms with Gasteiger partial charge in [-0.1, -0.05) is 13.8 Å². The largest absolute Gasteiger partial charge is 0.466 e. The van der Waals surface area contributed by atoms with Crippen LogP contribution in [0.3, 0.4) is 0 Å². The van der Waals surface area contributed by atoms with Crippen molar-refractivity contribution < 1.29 is 9.53 Å². The van der Waals surface area contributed by atoms with Gasteiger partial charge in [0.25, 0.3) is 0 Å². The van der Waals surface area contributed by atoms with Gasteiger partial charge in [0.05, 0.1) is 13.0 Å². The van der Waals surface area contributed by atoms with Gasteiger partial charge in [-0.3, -0.25) is 4.79 Å². The van der Waals surface area contributed by atoms with Crippen molar-refractivity contribution in [1.29, 1.82) is 0 Å². The van der Waals surface area contributed by atoms with Crippen molar-refractivity contribution in [1.82, 2.24) is 5.32 Å². The maximum atomic E-state index is 11.0. The molecule has 0 aliphatic rings. The number of esters is 1. The zero-order valence-electron chi connectivity index (χ0n) is 9.80. The lowest BCUT2D eigenvalue weighted by Gasteiger charge is -2.15. The van der Waals surface area contributed by atoms with E-state index in [2.05, 4.69) is 26.1 Å². The van der Waals surface area contributed by atoms with Crippen LogP contribution in [0.5, 0.6) is 0 Å². The molecule has 0 aliphatic carbocycles. The summed E-state index contributed by atoms with van der Waals surface area (Å²) in [5.74, 6) is 0.580. The van der Waals surface area contributed by atoms with Crippen molar-refractivity contribution in [3.8, 4) is 0 Å². The SMILES string of the molecule is CCOC(=O)CCNC(C)CC(C)C. The second-order valence-corrected chi connectivity index (χ2v) is 4.04. The lowest BCUT2D eigenvalue weighted by Crippen LogP contribution is -2.29. The van der Waals surface area contributed by atoms with Gasteiger partial charge >= 0.3 is 5.97 Å². The molecule has 0 radical (unpaired) electrons. The minimum Gasteiger partial charge on any atom is -0.466 e. The molecule has 14 heavy (non-hydrogen) atoms. The second kappa shape index (κ2) is 7.80. The van der Waals surface area contributed by atoms with E-state index in [1.54, 1.807) is 0 Å². The summed E-state index contributed by atoms with van der Waals surface area (Å²) in [6.07, 6.45) is 1.61. The Morgan fingerprint density at radius 1 is 1.36 bits per heavy atom. The van der Waals surface area contributed by atoms with Gasteiger partial charge in [-0.2, -0.15) is 0 Å². The predicted octanol–water partition coefficient (Wildman–Crippen LogP) is 1.96. The van der Waals surface area contributed by atoms with E-state index in [0.29, 0.717) is 31.5 Å². The van der Waals surface area contributed by atoms with Crippen molar-refractivity contribution in [3.63, 3.8) is 0 Å². The maximum absolute atomic E-state index is 11.0. The minimum atomic E-state index is -0.114. The lowest BCUT2D eigenvalue weighted by molar-refractivity contribution is -0.142. The fourth-order valence-corrected chi connectivity index (χ4v) is 1.44. The van der Waals surface area contributed by atoms with E-state index in [0.717, 1.165) is 6.42 Å². The summed E-state index contributed by atoms with van der Waals surface area (Å²) in [6.45, 7) is 9.55. The first-order chi connectivity index (χ1) is 6.56. The van der Waals surface area contributed by atoms with Gasteiger partial charge in [-0.25, -0.2) is 0 Å². The van der Waals surface area contributed by atoms with Crippen LogP contribution < -0.4 is 5.32 Å². The third kappa shape index (κ3) is 8.05. The molecule has 0 aromatic heterocycles. The Morgan fingerprint density at radius 3 is 2.50 bits per heavy atom. The van der Waals surface area contributed by atoms with Crippen molar-refractivity contribution in [2.45, 2.75) is 46.6 Å². The molecule has 0 heterocycles. The molecule has 0 aromatic rings. The zero-order valence-corrected chi connectivity index (χ0v) is 9.80. The Bertz CT molecular complexity index is 157. The molecule has 0 aliphatic heterocycles. The van der Waals surface area contributed by atoms with Crippen LogP contribution in [0.15, 0.2) is 0 Å². The van der Waals surface area contributed by atoms with E-state index in [9.17, 15) is 4.79 Å². The highest BCUT2D eigenvalue weighted by Gasteiger charge is 2.05. The number of nitrogens with one attached hydrogen (secondary N) is 1. The zero-order chi connectivity index (χ0) is 11.0. The summed E-state index contributed by atoms with van der Waals surface area (Å²) >= 11 is 0. The Labute approximate surface area is 87.2 Å². The maximum Gasteiger partial charge on any atom is 0.307 e. The molecule has 3 heteroatoms. The third-order valence-corrected chi connectivity index (χ3v) is 1.95. The van der Waals surface area contributed by atoms with Crippen molar-refractivity contribution >= 4 is 5.97 Å². The number of ether oxygens (including phenoxy) is 1. The molecule has 84 valence electrons. The Kier molecular flexibility index (Phi) is 7.48. The van der Waals surface area contributed by atoms with Crippen LogP contribution in [0, 0.1) is 5.92 Å². The minimum absolute atomic E-state index is 0.114. The summed E-state index contributed by atoms with van der Waals surface area (Å²) in [5.41, 5.74) is 0. The topological polar surface area (TPSA) is 38.3 Å². The molecule has 0 saturated carbocycles. The molecule has 0 rings (SSSR count). The van der Waals surface area contributed by atoms with Crippen molar-refractivity contribution in [3.05, 3.63) is 0 Å². The van der Waals surface area contributed by atoms with Gasteiger partial charge in [0.15, 0.2) is 0 Å². The highest BCUT2D eigenvalue weighted by molar-refractivity contribution is 5.69. The number of carbonyl (C=O) groups excluding carboxylic acids is 1. The van der Waals surface area contributed by atoms with Gasteiger partial charge in [0.1, 0.15) is 0 Å².